The summed E-state index contributed by atoms with van der Waals surface area (Å²) in [5, 5.41) is 0. The molecule has 0 amide bonds. The minimum atomic E-state index is -0.238. The van der Waals surface area contributed by atoms with Crippen LogP contribution in [0.25, 0.3) is 0 Å². The van der Waals surface area contributed by atoms with E-state index in [2.05, 4.69) is 4.90 Å². The van der Waals surface area contributed by atoms with E-state index in [0.717, 1.165) is 17.1 Å². The second kappa shape index (κ2) is 4.46. The molecule has 0 aromatic heterocycles. The predicted molar refractivity (Wildman–Crippen MR) is 74.4 cm³/mol. The minimum absolute atomic E-state index is 0.0705. The summed E-state index contributed by atoms with van der Waals surface area (Å²) in [5.41, 5.74) is 8.38. The second-order valence-electron chi connectivity index (χ2n) is 4.74. The Morgan fingerprint density at radius 3 is 2.68 bits per heavy atom. The molecule has 3 rings (SSSR count). The average molecular weight is 258 g/mol. The number of nitrogen functional groups attached to an aromatic ring is 1. The van der Waals surface area contributed by atoms with Crippen LogP contribution in [0.5, 0.6) is 5.75 Å². The van der Waals surface area contributed by atoms with E-state index in [-0.39, 0.29) is 11.9 Å². The van der Waals surface area contributed by atoms with E-state index < -0.39 is 0 Å². The molecule has 2 N–H and O–H groups in total. The Labute approximate surface area is 111 Å². The van der Waals surface area contributed by atoms with Gasteiger partial charge in [0.1, 0.15) is 17.7 Å². The lowest BCUT2D eigenvalue weighted by Crippen LogP contribution is -2.35. The van der Waals surface area contributed by atoms with Gasteiger partial charge in [-0.05, 0) is 49.4 Å². The maximum absolute atomic E-state index is 13.0. The molecule has 0 fully saturated rings. The van der Waals surface area contributed by atoms with E-state index in [4.69, 9.17) is 10.5 Å². The summed E-state index contributed by atoms with van der Waals surface area (Å²) in [6, 6.07) is 12.0. The first kappa shape index (κ1) is 11.8. The molecule has 3 nitrogen and oxygen atoms in total. The highest BCUT2D eigenvalue weighted by Crippen LogP contribution is 2.39. The topological polar surface area (TPSA) is 38.5 Å². The summed E-state index contributed by atoms with van der Waals surface area (Å²) in [6.07, 6.45) is 0.0705. The summed E-state index contributed by atoms with van der Waals surface area (Å²) in [5.74, 6) is 0.565. The molecular formula is C15H15FN2O. The molecule has 0 aliphatic carbocycles. The number of hydrogen-bond acceptors (Lipinski definition) is 3. The van der Waals surface area contributed by atoms with Gasteiger partial charge in [0.25, 0.3) is 0 Å². The number of nitrogens with two attached hydrogens (primary N) is 1. The van der Waals surface area contributed by atoms with Crippen LogP contribution < -0.4 is 15.4 Å². The number of benzene rings is 2. The van der Waals surface area contributed by atoms with Crippen LogP contribution in [0.4, 0.5) is 21.5 Å². The molecule has 0 spiro atoms. The molecule has 0 radical (unpaired) electrons. The molecule has 0 saturated heterocycles. The smallest absolute Gasteiger partial charge is 0.143 e. The molecule has 19 heavy (non-hydrogen) atoms. The fourth-order valence-electron chi connectivity index (χ4n) is 2.32. The summed E-state index contributed by atoms with van der Waals surface area (Å²) >= 11 is 0. The highest BCUT2D eigenvalue weighted by atomic mass is 19.1. The fraction of sp³-hybridized carbons (Fsp3) is 0.200. The average Bonchev–Trinajstić information content (AvgIpc) is 2.39. The van der Waals surface area contributed by atoms with Gasteiger partial charge >= 0.3 is 0 Å². The van der Waals surface area contributed by atoms with Crippen LogP contribution in [-0.4, -0.2) is 12.6 Å². The Bertz CT molecular complexity index is 598. The molecule has 0 unspecified atom stereocenters. The van der Waals surface area contributed by atoms with Crippen molar-refractivity contribution in [1.82, 2.24) is 0 Å². The Morgan fingerprint density at radius 2 is 1.95 bits per heavy atom. The highest BCUT2D eigenvalue weighted by molar-refractivity contribution is 5.73. The Morgan fingerprint density at radius 1 is 1.21 bits per heavy atom. The lowest BCUT2D eigenvalue weighted by Gasteiger charge is -2.35. The zero-order chi connectivity index (χ0) is 13.4. The number of nitrogens with zero attached hydrogens (tertiary/aromatic N) is 1. The van der Waals surface area contributed by atoms with Crippen molar-refractivity contribution in [2.45, 2.75) is 13.0 Å². The Kier molecular flexibility index (Phi) is 2.78. The summed E-state index contributed by atoms with van der Waals surface area (Å²) in [6.45, 7) is 2.72. The van der Waals surface area contributed by atoms with Crippen molar-refractivity contribution in [3.05, 3.63) is 48.3 Å². The van der Waals surface area contributed by atoms with Crippen LogP contribution in [0.15, 0.2) is 42.5 Å². The Hall–Kier alpha value is -2.23. The van der Waals surface area contributed by atoms with Crippen molar-refractivity contribution in [2.24, 2.45) is 0 Å². The number of anilines is 3. The lowest BCUT2D eigenvalue weighted by molar-refractivity contribution is 0.218. The number of rotatable bonds is 1. The van der Waals surface area contributed by atoms with Gasteiger partial charge < -0.3 is 15.4 Å². The van der Waals surface area contributed by atoms with E-state index >= 15 is 0 Å². The maximum atomic E-state index is 13.0. The van der Waals surface area contributed by atoms with Crippen LogP contribution in [0.1, 0.15) is 6.92 Å². The molecule has 0 saturated carbocycles. The highest BCUT2D eigenvalue weighted by Gasteiger charge is 2.24. The molecule has 1 heterocycles. The summed E-state index contributed by atoms with van der Waals surface area (Å²) in [4.78, 5) is 2.10. The van der Waals surface area contributed by atoms with E-state index in [1.807, 2.05) is 25.1 Å². The van der Waals surface area contributed by atoms with Gasteiger partial charge in [-0.25, -0.2) is 4.39 Å². The second-order valence-corrected chi connectivity index (χ2v) is 4.74. The first-order valence-corrected chi connectivity index (χ1v) is 6.23. The monoisotopic (exact) mass is 258 g/mol. The van der Waals surface area contributed by atoms with Gasteiger partial charge in [0.15, 0.2) is 0 Å². The predicted octanol–water partition coefficient (Wildman–Crippen LogP) is 3.33. The van der Waals surface area contributed by atoms with Crippen LogP contribution in [0.2, 0.25) is 0 Å². The molecule has 1 aliphatic rings. The molecule has 2 aromatic rings. The van der Waals surface area contributed by atoms with Crippen molar-refractivity contribution in [3.63, 3.8) is 0 Å². The van der Waals surface area contributed by atoms with Crippen molar-refractivity contribution in [2.75, 3.05) is 17.2 Å². The van der Waals surface area contributed by atoms with Crippen LogP contribution in [0.3, 0.4) is 0 Å². The third-order valence-corrected chi connectivity index (χ3v) is 3.18. The molecule has 98 valence electrons. The lowest BCUT2D eigenvalue weighted by atomic mass is 10.1. The zero-order valence-electron chi connectivity index (χ0n) is 10.6. The van der Waals surface area contributed by atoms with E-state index in [9.17, 15) is 4.39 Å². The standard InChI is InChI=1S/C15H15FN2O/c1-10-9-18(13-5-2-11(16)3-6-13)14-8-12(17)4-7-15(14)19-10/h2-8,10H,9,17H2,1H3/t10-/m0/s1. The fourth-order valence-corrected chi connectivity index (χ4v) is 2.32. The number of fused-ring (bicyclic) bond motifs is 1. The van der Waals surface area contributed by atoms with Crippen LogP contribution in [0, 0.1) is 5.82 Å². The normalized spacial score (nSPS) is 17.8. The SMILES string of the molecule is C[C@H]1CN(c2ccc(F)cc2)c2cc(N)ccc2O1. The van der Waals surface area contributed by atoms with Gasteiger partial charge in [0.05, 0.1) is 12.2 Å². The Balaban J connectivity index is 2.07. The van der Waals surface area contributed by atoms with Gasteiger partial charge in [0, 0.05) is 11.4 Å². The molecule has 2 aromatic carbocycles. The van der Waals surface area contributed by atoms with E-state index in [1.165, 1.54) is 12.1 Å². The van der Waals surface area contributed by atoms with E-state index in [1.54, 1.807) is 12.1 Å². The quantitative estimate of drug-likeness (QED) is 0.797. The van der Waals surface area contributed by atoms with Crippen LogP contribution >= 0.6 is 0 Å². The zero-order valence-corrected chi connectivity index (χ0v) is 10.6. The van der Waals surface area contributed by atoms with Crippen molar-refractivity contribution >= 4 is 17.1 Å². The van der Waals surface area contributed by atoms with Gasteiger partial charge in [-0.15, -0.1) is 0 Å². The van der Waals surface area contributed by atoms with Crippen molar-refractivity contribution in [3.8, 4) is 5.75 Å². The molecular weight excluding hydrogens is 243 g/mol. The summed E-state index contributed by atoms with van der Waals surface area (Å²) < 4.78 is 18.8. The van der Waals surface area contributed by atoms with Crippen molar-refractivity contribution < 1.29 is 9.13 Å². The van der Waals surface area contributed by atoms with E-state index in [0.29, 0.717) is 12.2 Å². The molecule has 0 bridgehead atoms. The minimum Gasteiger partial charge on any atom is -0.487 e. The largest absolute Gasteiger partial charge is 0.487 e. The summed E-state index contributed by atoms with van der Waals surface area (Å²) in [7, 11) is 0. The number of hydrogen-bond donors (Lipinski definition) is 1. The molecule has 1 aliphatic heterocycles. The van der Waals surface area contributed by atoms with Gasteiger partial charge in [-0.1, -0.05) is 0 Å². The molecule has 1 atom stereocenters. The van der Waals surface area contributed by atoms with Gasteiger partial charge in [-0.3, -0.25) is 0 Å². The van der Waals surface area contributed by atoms with Crippen molar-refractivity contribution in [1.29, 1.82) is 0 Å². The number of ether oxygens (including phenoxy) is 1. The molecule has 4 heteroatoms. The first-order chi connectivity index (χ1) is 9.13. The third-order valence-electron chi connectivity index (χ3n) is 3.18. The maximum Gasteiger partial charge on any atom is 0.143 e. The third kappa shape index (κ3) is 2.21. The first-order valence-electron chi connectivity index (χ1n) is 6.23. The van der Waals surface area contributed by atoms with Gasteiger partial charge in [-0.2, -0.15) is 0 Å². The van der Waals surface area contributed by atoms with Crippen LogP contribution in [-0.2, 0) is 0 Å². The van der Waals surface area contributed by atoms with Gasteiger partial charge in [0.2, 0.25) is 0 Å². The number of halogens is 1.